The Morgan fingerprint density at radius 3 is 2.54 bits per heavy atom. The molecule has 0 N–H and O–H groups in total. The van der Waals surface area contributed by atoms with Crippen LogP contribution in [0.15, 0.2) is 49.2 Å². The predicted octanol–water partition coefficient (Wildman–Crippen LogP) is 4.91. The molecule has 0 amide bonds. The lowest BCUT2D eigenvalue weighted by molar-refractivity contribution is 0.321. The Bertz CT molecular complexity index is 1110. The van der Waals surface area contributed by atoms with Crippen molar-refractivity contribution in [2.24, 2.45) is 5.10 Å². The molecule has 2 aromatic carbocycles. The fourth-order valence-electron chi connectivity index (χ4n) is 2.71. The molecule has 8 heteroatoms. The van der Waals surface area contributed by atoms with Crippen molar-refractivity contribution >= 4 is 49.0 Å². The maximum absolute atomic E-state index is 12.9. The number of hydrogen-bond acceptors (Lipinski definition) is 5. The summed E-state index contributed by atoms with van der Waals surface area (Å²) in [6.45, 7) is 6.62. The molecule has 3 rings (SSSR count). The third-order valence-electron chi connectivity index (χ3n) is 3.95. The largest absolute Gasteiger partial charge is 0.493 e. The topological polar surface area (TPSA) is 65.7 Å². The molecule has 0 bridgehead atoms. The number of hydrogen-bond donors (Lipinski definition) is 0. The number of aryl methyl sites for hydroxylation is 1. The second kappa shape index (κ2) is 8.87. The minimum absolute atomic E-state index is 0.233. The van der Waals surface area contributed by atoms with E-state index < -0.39 is 0 Å². The molecule has 0 aliphatic carbocycles. The van der Waals surface area contributed by atoms with Crippen molar-refractivity contribution in [2.75, 3.05) is 13.2 Å². The van der Waals surface area contributed by atoms with Crippen LogP contribution < -0.4 is 15.0 Å². The van der Waals surface area contributed by atoms with Gasteiger partial charge in [-0.15, -0.1) is 0 Å². The van der Waals surface area contributed by atoms with Gasteiger partial charge in [-0.1, -0.05) is 15.9 Å². The highest BCUT2D eigenvalue weighted by molar-refractivity contribution is 9.10. The van der Waals surface area contributed by atoms with Crippen LogP contribution in [0.1, 0.15) is 25.2 Å². The van der Waals surface area contributed by atoms with Crippen LogP contribution in [0.2, 0.25) is 0 Å². The first-order valence-corrected chi connectivity index (χ1v) is 10.4. The van der Waals surface area contributed by atoms with Gasteiger partial charge in [-0.25, -0.2) is 4.98 Å². The standard InChI is InChI=1S/C20H19Br2N3O3/c1-4-27-18-10-19(28-5-2)16(22)8-13(18)11-23-25-12(3)24-17-7-6-14(21)9-15(17)20(25)26/h6-11H,4-5H2,1-3H3. The number of rotatable bonds is 6. The molecule has 0 radical (unpaired) electrons. The Morgan fingerprint density at radius 2 is 1.82 bits per heavy atom. The van der Waals surface area contributed by atoms with E-state index in [2.05, 4.69) is 41.9 Å². The lowest BCUT2D eigenvalue weighted by atomic mass is 10.2. The number of benzene rings is 2. The summed E-state index contributed by atoms with van der Waals surface area (Å²) in [5, 5.41) is 4.87. The monoisotopic (exact) mass is 507 g/mol. The van der Waals surface area contributed by atoms with Crippen molar-refractivity contribution in [1.82, 2.24) is 9.66 Å². The van der Waals surface area contributed by atoms with E-state index in [-0.39, 0.29) is 5.56 Å². The summed E-state index contributed by atoms with van der Waals surface area (Å²) in [5.74, 6) is 1.81. The highest BCUT2D eigenvalue weighted by Gasteiger charge is 2.11. The second-order valence-corrected chi connectivity index (χ2v) is 7.64. The third kappa shape index (κ3) is 4.28. The van der Waals surface area contributed by atoms with E-state index in [9.17, 15) is 4.79 Å². The average Bonchev–Trinajstić information content (AvgIpc) is 2.66. The fraction of sp³-hybridized carbons (Fsp3) is 0.250. The first kappa shape index (κ1) is 20.5. The van der Waals surface area contributed by atoms with E-state index >= 15 is 0 Å². The van der Waals surface area contributed by atoms with Gasteiger partial charge < -0.3 is 9.47 Å². The summed E-state index contributed by atoms with van der Waals surface area (Å²) >= 11 is 6.89. The van der Waals surface area contributed by atoms with Crippen molar-refractivity contribution in [3.8, 4) is 11.5 Å². The molecule has 0 aliphatic heterocycles. The summed E-state index contributed by atoms with van der Waals surface area (Å²) in [6, 6.07) is 9.07. The number of nitrogens with zero attached hydrogens (tertiary/aromatic N) is 3. The summed E-state index contributed by atoms with van der Waals surface area (Å²) in [5.41, 5.74) is 1.12. The lowest BCUT2D eigenvalue weighted by Crippen LogP contribution is -2.20. The van der Waals surface area contributed by atoms with Crippen molar-refractivity contribution in [1.29, 1.82) is 0 Å². The van der Waals surface area contributed by atoms with Gasteiger partial charge in [-0.05, 0) is 61.0 Å². The van der Waals surface area contributed by atoms with E-state index in [4.69, 9.17) is 9.47 Å². The fourth-order valence-corrected chi connectivity index (χ4v) is 3.55. The molecule has 0 saturated carbocycles. The van der Waals surface area contributed by atoms with Crippen LogP contribution in [0, 0.1) is 6.92 Å². The molecule has 28 heavy (non-hydrogen) atoms. The molecule has 0 fully saturated rings. The van der Waals surface area contributed by atoms with Crippen molar-refractivity contribution in [2.45, 2.75) is 20.8 Å². The molecule has 0 saturated heterocycles. The number of aromatic nitrogens is 2. The van der Waals surface area contributed by atoms with Gasteiger partial charge in [0.1, 0.15) is 17.3 Å². The van der Waals surface area contributed by atoms with Gasteiger partial charge in [0.05, 0.1) is 34.8 Å². The smallest absolute Gasteiger partial charge is 0.282 e. The van der Waals surface area contributed by atoms with Gasteiger partial charge in [-0.3, -0.25) is 4.79 Å². The maximum atomic E-state index is 12.9. The quantitative estimate of drug-likeness (QED) is 0.444. The highest BCUT2D eigenvalue weighted by atomic mass is 79.9. The number of ether oxygens (including phenoxy) is 2. The molecule has 0 spiro atoms. The SMILES string of the molecule is CCOc1cc(OCC)c(C=Nn2c(C)nc3ccc(Br)cc3c2=O)cc1Br. The summed E-state index contributed by atoms with van der Waals surface area (Å²) in [6.07, 6.45) is 1.59. The van der Waals surface area contributed by atoms with Crippen LogP contribution in [0.4, 0.5) is 0 Å². The van der Waals surface area contributed by atoms with Gasteiger partial charge in [0.2, 0.25) is 0 Å². The molecule has 6 nitrogen and oxygen atoms in total. The van der Waals surface area contributed by atoms with Gasteiger partial charge in [-0.2, -0.15) is 9.78 Å². The maximum Gasteiger partial charge on any atom is 0.282 e. The molecule has 0 unspecified atom stereocenters. The average molecular weight is 509 g/mol. The minimum Gasteiger partial charge on any atom is -0.493 e. The van der Waals surface area contributed by atoms with Crippen molar-refractivity contribution < 1.29 is 9.47 Å². The Hall–Kier alpha value is -2.19. The molecule has 0 atom stereocenters. The minimum atomic E-state index is -0.233. The van der Waals surface area contributed by atoms with E-state index in [0.29, 0.717) is 41.4 Å². The Morgan fingerprint density at radius 1 is 1.11 bits per heavy atom. The van der Waals surface area contributed by atoms with E-state index in [1.54, 1.807) is 25.3 Å². The molecule has 1 heterocycles. The summed E-state index contributed by atoms with van der Waals surface area (Å²) in [4.78, 5) is 17.3. The first-order valence-electron chi connectivity index (χ1n) is 8.77. The number of fused-ring (bicyclic) bond motifs is 1. The van der Waals surface area contributed by atoms with Crippen molar-refractivity contribution in [3.05, 3.63) is 61.0 Å². The van der Waals surface area contributed by atoms with Crippen LogP contribution in [0.5, 0.6) is 11.5 Å². The van der Waals surface area contributed by atoms with Crippen molar-refractivity contribution in [3.63, 3.8) is 0 Å². The van der Waals surface area contributed by atoms with Crippen LogP contribution >= 0.6 is 31.9 Å². The third-order valence-corrected chi connectivity index (χ3v) is 5.06. The van der Waals surface area contributed by atoms with Gasteiger partial charge in [0.15, 0.2) is 0 Å². The van der Waals surface area contributed by atoms with Crippen LogP contribution in [0.25, 0.3) is 10.9 Å². The van der Waals surface area contributed by atoms with Crippen LogP contribution in [-0.2, 0) is 0 Å². The van der Waals surface area contributed by atoms with Crippen LogP contribution in [0.3, 0.4) is 0 Å². The van der Waals surface area contributed by atoms with E-state index in [1.165, 1.54) is 4.68 Å². The first-order chi connectivity index (χ1) is 13.4. The molecule has 3 aromatic rings. The van der Waals surface area contributed by atoms with E-state index in [1.807, 2.05) is 32.0 Å². The molecular formula is C20H19Br2N3O3. The second-order valence-electron chi connectivity index (χ2n) is 5.87. The summed E-state index contributed by atoms with van der Waals surface area (Å²) < 4.78 is 14.2. The molecule has 1 aromatic heterocycles. The zero-order chi connectivity index (χ0) is 20.3. The number of halogens is 2. The molecule has 0 aliphatic rings. The summed E-state index contributed by atoms with van der Waals surface area (Å²) in [7, 11) is 0. The normalized spacial score (nSPS) is 11.3. The van der Waals surface area contributed by atoms with Gasteiger partial charge in [0, 0.05) is 16.1 Å². The van der Waals surface area contributed by atoms with Crippen LogP contribution in [-0.4, -0.2) is 29.1 Å². The molecule has 146 valence electrons. The zero-order valence-electron chi connectivity index (χ0n) is 15.7. The predicted molar refractivity (Wildman–Crippen MR) is 118 cm³/mol. The molecular weight excluding hydrogens is 490 g/mol. The Kier molecular flexibility index (Phi) is 6.51. The van der Waals surface area contributed by atoms with Gasteiger partial charge >= 0.3 is 0 Å². The van der Waals surface area contributed by atoms with E-state index in [0.717, 1.165) is 14.5 Å². The Balaban J connectivity index is 2.09. The Labute approximate surface area is 179 Å². The highest BCUT2D eigenvalue weighted by Crippen LogP contribution is 2.32. The zero-order valence-corrected chi connectivity index (χ0v) is 18.9. The lowest BCUT2D eigenvalue weighted by Gasteiger charge is -2.12. The van der Waals surface area contributed by atoms with Gasteiger partial charge in [0.25, 0.3) is 5.56 Å².